The Morgan fingerprint density at radius 1 is 1.27 bits per heavy atom. The van der Waals surface area contributed by atoms with Crippen LogP contribution in [0.15, 0.2) is 45.9 Å². The smallest absolute Gasteiger partial charge is 0.194 e. The van der Waals surface area contributed by atoms with E-state index in [0.717, 1.165) is 62.1 Å². The molecule has 0 atom stereocenters. The highest BCUT2D eigenvalue weighted by molar-refractivity contribution is 5.80. The number of likely N-dealkylation sites (tertiary alicyclic amines) is 1. The molecule has 1 aliphatic heterocycles. The minimum absolute atomic E-state index is 0.378. The van der Waals surface area contributed by atoms with Crippen LogP contribution >= 0.6 is 0 Å². The quantitative estimate of drug-likeness (QED) is 0.635. The van der Waals surface area contributed by atoms with Gasteiger partial charge in [0.15, 0.2) is 11.7 Å². The third-order valence-corrected chi connectivity index (χ3v) is 4.49. The third-order valence-electron chi connectivity index (χ3n) is 4.49. The summed E-state index contributed by atoms with van der Waals surface area (Å²) < 4.78 is 11.2. The standard InChI is InChI=1S/C20H28N4O2/c1-3-21-20(24-12-10-18(11-13-24)25-4-2)22-15-17-14-19(26-23-17)16-8-6-5-7-9-16/h5-9,14,18H,3-4,10-13,15H2,1-2H3,(H,21,22). The fourth-order valence-corrected chi connectivity index (χ4v) is 3.18. The summed E-state index contributed by atoms with van der Waals surface area (Å²) in [4.78, 5) is 7.06. The summed E-state index contributed by atoms with van der Waals surface area (Å²) in [7, 11) is 0. The molecule has 0 spiro atoms. The van der Waals surface area contributed by atoms with Crippen molar-refractivity contribution in [1.82, 2.24) is 15.4 Å². The van der Waals surface area contributed by atoms with Crippen LogP contribution in [0.1, 0.15) is 32.4 Å². The maximum atomic E-state index is 5.74. The minimum atomic E-state index is 0.378. The summed E-state index contributed by atoms with van der Waals surface area (Å²) >= 11 is 0. The Bertz CT molecular complexity index is 691. The summed E-state index contributed by atoms with van der Waals surface area (Å²) in [5, 5.41) is 7.54. The molecule has 0 unspecified atom stereocenters. The van der Waals surface area contributed by atoms with Crippen LogP contribution in [0.2, 0.25) is 0 Å². The van der Waals surface area contributed by atoms with Crippen LogP contribution in [0.25, 0.3) is 11.3 Å². The van der Waals surface area contributed by atoms with Crippen molar-refractivity contribution in [3.8, 4) is 11.3 Å². The first-order valence-corrected chi connectivity index (χ1v) is 9.46. The lowest BCUT2D eigenvalue weighted by Gasteiger charge is -2.34. The van der Waals surface area contributed by atoms with Gasteiger partial charge in [-0.1, -0.05) is 35.5 Å². The summed E-state index contributed by atoms with van der Waals surface area (Å²) in [5.41, 5.74) is 1.86. The summed E-state index contributed by atoms with van der Waals surface area (Å²) in [5.74, 6) is 1.71. The van der Waals surface area contributed by atoms with E-state index in [9.17, 15) is 0 Å². The first-order chi connectivity index (χ1) is 12.8. The Kier molecular flexibility index (Phi) is 6.66. The van der Waals surface area contributed by atoms with Crippen LogP contribution in [-0.2, 0) is 11.3 Å². The van der Waals surface area contributed by atoms with E-state index < -0.39 is 0 Å². The molecule has 1 saturated heterocycles. The lowest BCUT2D eigenvalue weighted by molar-refractivity contribution is 0.0263. The molecular formula is C20H28N4O2. The van der Waals surface area contributed by atoms with Gasteiger partial charge >= 0.3 is 0 Å². The SMILES string of the molecule is CCNC(=NCc1cc(-c2ccccc2)on1)N1CCC(OCC)CC1. The number of aromatic nitrogens is 1. The molecule has 1 aliphatic rings. The van der Waals surface area contributed by atoms with Crippen molar-refractivity contribution in [2.24, 2.45) is 4.99 Å². The number of guanidine groups is 1. The molecule has 0 bridgehead atoms. The zero-order chi connectivity index (χ0) is 18.2. The van der Waals surface area contributed by atoms with Gasteiger partial charge < -0.3 is 19.5 Å². The van der Waals surface area contributed by atoms with E-state index in [0.29, 0.717) is 12.6 Å². The Balaban J connectivity index is 1.62. The number of hydrogen-bond acceptors (Lipinski definition) is 4. The van der Waals surface area contributed by atoms with Gasteiger partial charge in [0.25, 0.3) is 0 Å². The van der Waals surface area contributed by atoms with E-state index in [1.54, 1.807) is 0 Å². The molecule has 1 fully saturated rings. The molecule has 0 aliphatic carbocycles. The number of ether oxygens (including phenoxy) is 1. The van der Waals surface area contributed by atoms with Gasteiger partial charge in [-0.05, 0) is 26.7 Å². The van der Waals surface area contributed by atoms with Crippen LogP contribution < -0.4 is 5.32 Å². The highest BCUT2D eigenvalue weighted by Crippen LogP contribution is 2.20. The second-order valence-corrected chi connectivity index (χ2v) is 6.36. The number of nitrogens with zero attached hydrogens (tertiary/aromatic N) is 3. The Morgan fingerprint density at radius 2 is 2.04 bits per heavy atom. The van der Waals surface area contributed by atoms with Crippen molar-refractivity contribution >= 4 is 5.96 Å². The highest BCUT2D eigenvalue weighted by atomic mass is 16.5. The molecule has 0 saturated carbocycles. The lowest BCUT2D eigenvalue weighted by atomic mass is 10.1. The topological polar surface area (TPSA) is 62.9 Å². The number of piperidine rings is 1. The molecule has 0 amide bonds. The Morgan fingerprint density at radius 3 is 2.73 bits per heavy atom. The van der Waals surface area contributed by atoms with E-state index in [1.165, 1.54) is 0 Å². The van der Waals surface area contributed by atoms with Crippen LogP contribution in [0.3, 0.4) is 0 Å². The van der Waals surface area contributed by atoms with Crippen LogP contribution in [0.4, 0.5) is 0 Å². The molecule has 1 aromatic carbocycles. The van der Waals surface area contributed by atoms with E-state index in [2.05, 4.69) is 29.2 Å². The molecule has 26 heavy (non-hydrogen) atoms. The lowest BCUT2D eigenvalue weighted by Crippen LogP contribution is -2.47. The number of hydrogen-bond donors (Lipinski definition) is 1. The maximum Gasteiger partial charge on any atom is 0.194 e. The predicted octanol–water partition coefficient (Wildman–Crippen LogP) is 3.31. The molecule has 6 nitrogen and oxygen atoms in total. The van der Waals surface area contributed by atoms with Crippen molar-refractivity contribution in [2.45, 2.75) is 39.3 Å². The largest absolute Gasteiger partial charge is 0.378 e. The second-order valence-electron chi connectivity index (χ2n) is 6.36. The fraction of sp³-hybridized carbons (Fsp3) is 0.500. The van der Waals surface area contributed by atoms with E-state index >= 15 is 0 Å². The van der Waals surface area contributed by atoms with Gasteiger partial charge in [-0.3, -0.25) is 0 Å². The molecule has 2 aromatic rings. The Labute approximate surface area is 155 Å². The van der Waals surface area contributed by atoms with Crippen molar-refractivity contribution in [2.75, 3.05) is 26.2 Å². The van der Waals surface area contributed by atoms with E-state index in [-0.39, 0.29) is 0 Å². The summed E-state index contributed by atoms with van der Waals surface area (Å²) in [6.45, 7) is 8.21. The summed E-state index contributed by atoms with van der Waals surface area (Å²) in [6.07, 6.45) is 2.46. The fourth-order valence-electron chi connectivity index (χ4n) is 3.18. The normalized spacial score (nSPS) is 16.1. The van der Waals surface area contributed by atoms with Crippen LogP contribution in [0.5, 0.6) is 0 Å². The van der Waals surface area contributed by atoms with E-state index in [1.807, 2.05) is 36.4 Å². The molecule has 3 rings (SSSR count). The number of benzene rings is 1. The average molecular weight is 356 g/mol. The van der Waals surface area contributed by atoms with Gasteiger partial charge in [-0.15, -0.1) is 0 Å². The van der Waals surface area contributed by atoms with Crippen LogP contribution in [0, 0.1) is 0 Å². The molecule has 1 N–H and O–H groups in total. The minimum Gasteiger partial charge on any atom is -0.378 e. The Hall–Kier alpha value is -2.34. The van der Waals surface area contributed by atoms with Crippen molar-refractivity contribution in [3.05, 3.63) is 42.1 Å². The van der Waals surface area contributed by atoms with Gasteiger partial charge in [0.2, 0.25) is 0 Å². The van der Waals surface area contributed by atoms with Crippen molar-refractivity contribution in [1.29, 1.82) is 0 Å². The molecule has 6 heteroatoms. The average Bonchev–Trinajstić information content (AvgIpc) is 3.16. The van der Waals surface area contributed by atoms with Crippen molar-refractivity contribution in [3.63, 3.8) is 0 Å². The number of rotatable bonds is 6. The predicted molar refractivity (Wildman–Crippen MR) is 103 cm³/mol. The zero-order valence-corrected chi connectivity index (χ0v) is 15.6. The van der Waals surface area contributed by atoms with Gasteiger partial charge in [0.05, 0.1) is 12.6 Å². The zero-order valence-electron chi connectivity index (χ0n) is 15.6. The number of aliphatic imine (C=N–C) groups is 1. The maximum absolute atomic E-state index is 5.74. The monoisotopic (exact) mass is 356 g/mol. The molecular weight excluding hydrogens is 328 g/mol. The second kappa shape index (κ2) is 9.38. The molecule has 140 valence electrons. The van der Waals surface area contributed by atoms with Gasteiger partial charge in [0.1, 0.15) is 5.69 Å². The molecule has 2 heterocycles. The molecule has 1 aromatic heterocycles. The first-order valence-electron chi connectivity index (χ1n) is 9.46. The third kappa shape index (κ3) is 4.85. The van der Waals surface area contributed by atoms with Gasteiger partial charge in [-0.25, -0.2) is 4.99 Å². The van der Waals surface area contributed by atoms with E-state index in [4.69, 9.17) is 14.3 Å². The highest BCUT2D eigenvalue weighted by Gasteiger charge is 2.21. The van der Waals surface area contributed by atoms with Gasteiger partial charge in [-0.2, -0.15) is 0 Å². The summed E-state index contributed by atoms with van der Waals surface area (Å²) in [6, 6.07) is 12.0. The molecule has 0 radical (unpaired) electrons. The first kappa shape index (κ1) is 18.5. The van der Waals surface area contributed by atoms with Crippen LogP contribution in [-0.4, -0.2) is 48.4 Å². The van der Waals surface area contributed by atoms with Gasteiger partial charge in [0, 0.05) is 37.9 Å². The van der Waals surface area contributed by atoms with Crippen molar-refractivity contribution < 1.29 is 9.26 Å². The number of nitrogens with one attached hydrogen (secondary N) is 1.